The smallest absolute Gasteiger partial charge is 0.421 e. The lowest BCUT2D eigenvalue weighted by atomic mass is 10.1. The minimum Gasteiger partial charge on any atom is -0.480 e. The Kier molecular flexibility index (Phi) is 6.52. The highest BCUT2D eigenvalue weighted by Crippen LogP contribution is 2.03. The number of rotatable bonds is 7. The number of hydrazine groups is 1. The molecule has 1 amide bonds. The van der Waals surface area contributed by atoms with Crippen molar-refractivity contribution in [3.63, 3.8) is 0 Å². The van der Waals surface area contributed by atoms with E-state index in [-0.39, 0.29) is 18.9 Å². The molecule has 0 unspecified atom stereocenters. The second kappa shape index (κ2) is 8.16. The van der Waals surface area contributed by atoms with E-state index in [0.29, 0.717) is 0 Å². The highest BCUT2D eigenvalue weighted by Gasteiger charge is 2.18. The van der Waals surface area contributed by atoms with E-state index in [4.69, 9.17) is 9.84 Å². The summed E-state index contributed by atoms with van der Waals surface area (Å²) in [5, 5.41) is 9.11. The van der Waals surface area contributed by atoms with Gasteiger partial charge in [0.25, 0.3) is 0 Å². The highest BCUT2D eigenvalue weighted by molar-refractivity contribution is 5.75. The van der Waals surface area contributed by atoms with Crippen molar-refractivity contribution in [2.24, 2.45) is 5.92 Å². The molecule has 0 radical (unpaired) electrons. The second-order valence-electron chi connectivity index (χ2n) is 4.84. The summed E-state index contributed by atoms with van der Waals surface area (Å²) in [6, 6.07) is 8.26. The van der Waals surface area contributed by atoms with Crippen molar-refractivity contribution < 1.29 is 19.4 Å². The average Bonchev–Trinajstić information content (AvgIpc) is 2.42. The Hall–Kier alpha value is -2.08. The lowest BCUT2D eigenvalue weighted by Gasteiger charge is -2.15. The van der Waals surface area contributed by atoms with Gasteiger partial charge in [0.1, 0.15) is 6.04 Å². The Balaban J connectivity index is 2.44. The van der Waals surface area contributed by atoms with E-state index in [0.717, 1.165) is 5.56 Å². The second-order valence-corrected chi connectivity index (χ2v) is 4.84. The topological polar surface area (TPSA) is 87.7 Å². The summed E-state index contributed by atoms with van der Waals surface area (Å²) in [6.07, 6.45) is -0.418. The SMILES string of the molecule is CC(C)COC(=O)NN[C@@H](Cc1ccccc1)C(=O)O. The number of carbonyl (C=O) groups is 2. The van der Waals surface area contributed by atoms with E-state index in [1.807, 2.05) is 44.2 Å². The van der Waals surface area contributed by atoms with Crippen LogP contribution in [0.2, 0.25) is 0 Å². The van der Waals surface area contributed by atoms with Gasteiger partial charge in [-0.2, -0.15) is 0 Å². The normalized spacial score (nSPS) is 11.9. The number of carboxylic acid groups (broad SMARTS) is 1. The predicted molar refractivity (Wildman–Crippen MR) is 74.0 cm³/mol. The third-order valence-electron chi connectivity index (χ3n) is 2.48. The molecule has 3 N–H and O–H groups in total. The van der Waals surface area contributed by atoms with Crippen LogP contribution in [-0.2, 0) is 16.0 Å². The van der Waals surface area contributed by atoms with Crippen molar-refractivity contribution in [2.45, 2.75) is 26.3 Å². The van der Waals surface area contributed by atoms with E-state index in [2.05, 4.69) is 10.9 Å². The van der Waals surface area contributed by atoms with Crippen LogP contribution >= 0.6 is 0 Å². The van der Waals surface area contributed by atoms with E-state index in [1.54, 1.807) is 0 Å². The molecule has 1 aromatic carbocycles. The van der Waals surface area contributed by atoms with Gasteiger partial charge in [-0.3, -0.25) is 10.2 Å². The zero-order valence-corrected chi connectivity index (χ0v) is 11.6. The molecule has 0 aliphatic carbocycles. The Bertz CT molecular complexity index is 434. The number of benzene rings is 1. The van der Waals surface area contributed by atoms with Crippen LogP contribution in [0.3, 0.4) is 0 Å². The number of hydrogen-bond donors (Lipinski definition) is 3. The average molecular weight is 280 g/mol. The molecule has 20 heavy (non-hydrogen) atoms. The van der Waals surface area contributed by atoms with Gasteiger partial charge in [-0.1, -0.05) is 44.2 Å². The van der Waals surface area contributed by atoms with Crippen LogP contribution < -0.4 is 10.9 Å². The number of amides is 1. The summed E-state index contributed by atoms with van der Waals surface area (Å²) >= 11 is 0. The Morgan fingerprint density at radius 3 is 2.45 bits per heavy atom. The largest absolute Gasteiger partial charge is 0.480 e. The summed E-state index contributed by atoms with van der Waals surface area (Å²) in [5.41, 5.74) is 5.58. The fraction of sp³-hybridized carbons (Fsp3) is 0.429. The third kappa shape index (κ3) is 6.19. The first kappa shape index (κ1) is 16.0. The number of carboxylic acids is 1. The maximum atomic E-state index is 11.3. The number of ether oxygens (including phenoxy) is 1. The summed E-state index contributed by atoms with van der Waals surface area (Å²) in [6.45, 7) is 4.11. The molecule has 6 nitrogen and oxygen atoms in total. The molecule has 1 atom stereocenters. The Morgan fingerprint density at radius 2 is 1.90 bits per heavy atom. The quantitative estimate of drug-likeness (QED) is 0.660. The summed E-state index contributed by atoms with van der Waals surface area (Å²) in [4.78, 5) is 22.5. The van der Waals surface area contributed by atoms with Crippen LogP contribution in [0.15, 0.2) is 30.3 Å². The summed E-state index contributed by atoms with van der Waals surface area (Å²) in [7, 11) is 0. The fourth-order valence-electron chi connectivity index (χ4n) is 1.47. The maximum Gasteiger partial charge on any atom is 0.421 e. The molecule has 6 heteroatoms. The lowest BCUT2D eigenvalue weighted by Crippen LogP contribution is -2.49. The van der Waals surface area contributed by atoms with Crippen LogP contribution in [-0.4, -0.2) is 29.8 Å². The standard InChI is InChI=1S/C14H20N2O4/c1-10(2)9-20-14(19)16-15-12(13(17)18)8-11-6-4-3-5-7-11/h3-7,10,12,15H,8-9H2,1-2H3,(H,16,19)(H,17,18)/t12-/m0/s1. The van der Waals surface area contributed by atoms with E-state index < -0.39 is 18.1 Å². The van der Waals surface area contributed by atoms with Gasteiger partial charge in [0.2, 0.25) is 0 Å². The third-order valence-corrected chi connectivity index (χ3v) is 2.48. The van der Waals surface area contributed by atoms with Gasteiger partial charge >= 0.3 is 12.1 Å². The molecule has 0 saturated heterocycles. The summed E-state index contributed by atoms with van der Waals surface area (Å²) < 4.78 is 4.88. The van der Waals surface area contributed by atoms with Crippen LogP contribution in [0.25, 0.3) is 0 Å². The van der Waals surface area contributed by atoms with Gasteiger partial charge in [-0.15, -0.1) is 0 Å². The zero-order valence-electron chi connectivity index (χ0n) is 11.6. The molecule has 1 rings (SSSR count). The minimum atomic E-state index is -1.04. The van der Waals surface area contributed by atoms with Crippen LogP contribution in [0, 0.1) is 5.92 Å². The molecule has 0 fully saturated rings. The first-order valence-corrected chi connectivity index (χ1v) is 6.44. The number of carbonyl (C=O) groups excluding carboxylic acids is 1. The van der Waals surface area contributed by atoms with Crippen molar-refractivity contribution in [3.05, 3.63) is 35.9 Å². The first-order chi connectivity index (χ1) is 9.49. The van der Waals surface area contributed by atoms with Gasteiger partial charge in [-0.25, -0.2) is 10.2 Å². The molecule has 0 aliphatic rings. The number of hydrogen-bond acceptors (Lipinski definition) is 4. The van der Waals surface area contributed by atoms with Crippen molar-refractivity contribution in [1.82, 2.24) is 10.9 Å². The van der Waals surface area contributed by atoms with Gasteiger partial charge in [0, 0.05) is 6.42 Å². The molecule has 110 valence electrons. The van der Waals surface area contributed by atoms with Crippen LogP contribution in [0.4, 0.5) is 4.79 Å². The first-order valence-electron chi connectivity index (χ1n) is 6.44. The molecule has 0 aliphatic heterocycles. The van der Waals surface area contributed by atoms with Crippen molar-refractivity contribution in [2.75, 3.05) is 6.61 Å². The van der Waals surface area contributed by atoms with Gasteiger partial charge < -0.3 is 9.84 Å². The van der Waals surface area contributed by atoms with Crippen molar-refractivity contribution >= 4 is 12.1 Å². The van der Waals surface area contributed by atoms with E-state index in [1.165, 1.54) is 0 Å². The molecule has 0 saturated carbocycles. The van der Waals surface area contributed by atoms with Crippen molar-refractivity contribution in [3.8, 4) is 0 Å². The molecular formula is C14H20N2O4. The van der Waals surface area contributed by atoms with E-state index >= 15 is 0 Å². The Morgan fingerprint density at radius 1 is 1.25 bits per heavy atom. The lowest BCUT2D eigenvalue weighted by molar-refractivity contribution is -0.139. The monoisotopic (exact) mass is 280 g/mol. The predicted octanol–water partition coefficient (Wildman–Crippen LogP) is 1.57. The van der Waals surface area contributed by atoms with Crippen molar-refractivity contribution in [1.29, 1.82) is 0 Å². The number of nitrogens with one attached hydrogen (secondary N) is 2. The highest BCUT2D eigenvalue weighted by atomic mass is 16.6. The molecular weight excluding hydrogens is 260 g/mol. The van der Waals surface area contributed by atoms with Gasteiger partial charge in [0.05, 0.1) is 6.61 Å². The minimum absolute atomic E-state index is 0.223. The van der Waals surface area contributed by atoms with Crippen LogP contribution in [0.1, 0.15) is 19.4 Å². The maximum absolute atomic E-state index is 11.3. The van der Waals surface area contributed by atoms with Gasteiger partial charge in [-0.05, 0) is 11.5 Å². The Labute approximate surface area is 118 Å². The fourth-order valence-corrected chi connectivity index (χ4v) is 1.47. The summed E-state index contributed by atoms with van der Waals surface area (Å²) in [5.74, 6) is -0.821. The molecule has 0 bridgehead atoms. The molecule has 1 aromatic rings. The molecule has 0 aromatic heterocycles. The van der Waals surface area contributed by atoms with Gasteiger partial charge in [0.15, 0.2) is 0 Å². The molecule has 0 heterocycles. The molecule has 0 spiro atoms. The number of aliphatic carboxylic acids is 1. The van der Waals surface area contributed by atoms with Crippen LogP contribution in [0.5, 0.6) is 0 Å². The van der Waals surface area contributed by atoms with E-state index in [9.17, 15) is 9.59 Å². The zero-order chi connectivity index (χ0) is 15.0.